The quantitative estimate of drug-likeness (QED) is 0.260. The Bertz CT molecular complexity index is 895. The molecule has 0 saturated carbocycles. The number of nitrogens with zero attached hydrogens (tertiary/aromatic N) is 3. The summed E-state index contributed by atoms with van der Waals surface area (Å²) < 4.78 is 21.7. The Morgan fingerprint density at radius 2 is 0.821 bits per heavy atom. The normalized spacial score (nSPS) is 21.5. The second-order valence-electron chi connectivity index (χ2n) is 9.18. The molecule has 3 aromatic rings. The SMILES string of the molecule is CN1CCC(Oc2ccccc2)N(C)CCC(Oc2ccccc2)[N]([Ti+3])CCC1Oc1ccccc1.[Cl-].[Cl-].[Cl-]. The predicted octanol–water partition coefficient (Wildman–Crippen LogP) is -3.97. The Morgan fingerprint density at radius 3 is 1.21 bits per heavy atom. The summed E-state index contributed by atoms with van der Waals surface area (Å²) in [5.41, 5.74) is 0. The van der Waals surface area contributed by atoms with Crippen molar-refractivity contribution in [2.75, 3.05) is 33.7 Å². The van der Waals surface area contributed by atoms with Crippen LogP contribution in [0.5, 0.6) is 17.2 Å². The molecule has 0 radical (unpaired) electrons. The Kier molecular flexibility index (Phi) is 17.1. The van der Waals surface area contributed by atoms with Gasteiger partial charge in [0.2, 0.25) is 0 Å². The number of halogens is 3. The summed E-state index contributed by atoms with van der Waals surface area (Å²) in [5, 5.41) is 0. The second-order valence-corrected chi connectivity index (χ2v) is 10.1. The van der Waals surface area contributed by atoms with E-state index in [0.29, 0.717) is 0 Å². The molecule has 0 aliphatic carbocycles. The van der Waals surface area contributed by atoms with Gasteiger partial charge in [-0.05, 0) is 0 Å². The largest absolute Gasteiger partial charge is 1.00 e. The Morgan fingerprint density at radius 1 is 0.513 bits per heavy atom. The zero-order chi connectivity index (χ0) is 25.2. The molecular weight excluding hydrogens is 593 g/mol. The van der Waals surface area contributed by atoms with Gasteiger partial charge < -0.3 is 37.2 Å². The Hall–Kier alpha value is -1.48. The zero-order valence-electron chi connectivity index (χ0n) is 22.3. The van der Waals surface area contributed by atoms with Crippen molar-refractivity contribution in [1.29, 1.82) is 0 Å². The molecule has 1 fully saturated rings. The Balaban J connectivity index is 0.00000253. The number of hydrogen-bond donors (Lipinski definition) is 0. The van der Waals surface area contributed by atoms with Gasteiger partial charge >= 0.3 is 228 Å². The molecule has 1 saturated heterocycles. The summed E-state index contributed by atoms with van der Waals surface area (Å²) in [6.45, 7) is 2.56. The fourth-order valence-electron chi connectivity index (χ4n) is 4.30. The van der Waals surface area contributed by atoms with E-state index in [4.69, 9.17) is 14.2 Å². The minimum atomic E-state index is -0.0608. The molecule has 1 heterocycles. The van der Waals surface area contributed by atoms with Crippen LogP contribution in [0.3, 0.4) is 0 Å². The van der Waals surface area contributed by atoms with Crippen LogP contribution in [-0.4, -0.2) is 65.6 Å². The first-order chi connectivity index (χ1) is 17.6. The molecule has 0 aromatic heterocycles. The molecule has 3 aromatic carbocycles. The zero-order valence-corrected chi connectivity index (χ0v) is 26.2. The first-order valence-corrected chi connectivity index (χ1v) is 13.3. The van der Waals surface area contributed by atoms with Crippen molar-refractivity contribution in [2.24, 2.45) is 0 Å². The van der Waals surface area contributed by atoms with E-state index in [2.05, 4.69) is 48.0 Å². The molecule has 4 rings (SSSR count). The summed E-state index contributed by atoms with van der Waals surface area (Å²) in [5.74, 6) is 2.65. The van der Waals surface area contributed by atoms with Crippen LogP contribution < -0.4 is 51.4 Å². The summed E-state index contributed by atoms with van der Waals surface area (Å²) in [4.78, 5) is 4.59. The van der Waals surface area contributed by atoms with Crippen molar-refractivity contribution in [2.45, 2.75) is 37.9 Å². The third-order valence-corrected chi connectivity index (χ3v) is 7.25. The van der Waals surface area contributed by atoms with Crippen molar-refractivity contribution < 1.29 is 72.1 Å². The van der Waals surface area contributed by atoms with Crippen molar-refractivity contribution >= 4 is 0 Å². The maximum Gasteiger partial charge on any atom is -1.00 e. The van der Waals surface area contributed by atoms with Gasteiger partial charge in [-0.25, -0.2) is 0 Å². The van der Waals surface area contributed by atoms with Gasteiger partial charge in [0, 0.05) is 0 Å². The van der Waals surface area contributed by atoms with E-state index in [0.717, 1.165) is 56.1 Å². The smallest absolute Gasteiger partial charge is 1.00 e. The summed E-state index contributed by atoms with van der Waals surface area (Å²) >= 11 is 2.14. The molecule has 0 spiro atoms. The first kappa shape index (κ1) is 35.6. The molecular formula is C29H36Cl3N3O3Ti. The fraction of sp³-hybridized carbons (Fsp3) is 0.379. The number of hydrogen-bond acceptors (Lipinski definition) is 6. The standard InChI is InChI=1S/C29H36N3O3.3ClH.Ti/c1-31-22-19-27(33-24-12-6-3-7-13-24)30-21-18-28(34-25-14-8-4-9-15-25)32(2)23-20-29(31)35-26-16-10-5-11-17-26;;;;/h3-17,27-29H,18-23H2,1-2H3;3*1H;/q-1;;;;+4/p-3. The molecule has 0 N–H and O–H groups in total. The molecule has 1 aliphatic heterocycles. The van der Waals surface area contributed by atoms with Crippen LogP contribution >= 0.6 is 0 Å². The van der Waals surface area contributed by atoms with E-state index in [1.54, 1.807) is 0 Å². The molecule has 210 valence electrons. The van der Waals surface area contributed by atoms with Gasteiger partial charge in [-0.2, -0.15) is 0 Å². The van der Waals surface area contributed by atoms with E-state index in [-0.39, 0.29) is 55.9 Å². The maximum absolute atomic E-state index is 6.46. The van der Waals surface area contributed by atoms with Crippen molar-refractivity contribution in [3.8, 4) is 17.2 Å². The van der Waals surface area contributed by atoms with Crippen LogP contribution in [0.25, 0.3) is 0 Å². The average Bonchev–Trinajstić information content (AvgIpc) is 2.92. The van der Waals surface area contributed by atoms with Crippen molar-refractivity contribution in [3.05, 3.63) is 91.0 Å². The van der Waals surface area contributed by atoms with Crippen LogP contribution in [0.4, 0.5) is 0 Å². The van der Waals surface area contributed by atoms with E-state index in [1.165, 1.54) is 0 Å². The number of benzene rings is 3. The maximum atomic E-state index is 6.46. The van der Waals surface area contributed by atoms with Crippen LogP contribution in [0, 0.1) is 0 Å². The Labute approximate surface area is 263 Å². The topological polar surface area (TPSA) is 37.4 Å². The third kappa shape index (κ3) is 11.5. The van der Waals surface area contributed by atoms with Gasteiger partial charge in [0.25, 0.3) is 0 Å². The average molecular weight is 629 g/mol. The number of para-hydroxylation sites is 3. The minimum absolute atomic E-state index is 0. The third-order valence-electron chi connectivity index (χ3n) is 6.45. The van der Waals surface area contributed by atoms with Gasteiger partial charge in [-0.15, -0.1) is 0 Å². The molecule has 39 heavy (non-hydrogen) atoms. The monoisotopic (exact) mass is 627 g/mol. The molecule has 0 bridgehead atoms. The molecule has 6 nitrogen and oxygen atoms in total. The van der Waals surface area contributed by atoms with Gasteiger partial charge in [0.1, 0.15) is 0 Å². The van der Waals surface area contributed by atoms with Gasteiger partial charge in [0.05, 0.1) is 0 Å². The van der Waals surface area contributed by atoms with E-state index in [9.17, 15) is 0 Å². The van der Waals surface area contributed by atoms with Crippen LogP contribution in [-0.2, 0) is 20.7 Å². The predicted molar refractivity (Wildman–Crippen MR) is 138 cm³/mol. The minimum Gasteiger partial charge on any atom is -1.00 e. The summed E-state index contributed by atoms with van der Waals surface area (Å²) in [6.07, 6.45) is 2.39. The van der Waals surface area contributed by atoms with E-state index >= 15 is 0 Å². The van der Waals surface area contributed by atoms with Crippen LogP contribution in [0.1, 0.15) is 19.3 Å². The van der Waals surface area contributed by atoms with Gasteiger partial charge in [-0.1, -0.05) is 0 Å². The van der Waals surface area contributed by atoms with Crippen LogP contribution in [0.2, 0.25) is 0 Å². The molecule has 3 unspecified atom stereocenters. The summed E-state index contributed by atoms with van der Waals surface area (Å²) in [7, 11) is 4.27. The number of rotatable bonds is 6. The van der Waals surface area contributed by atoms with Crippen molar-refractivity contribution in [1.82, 2.24) is 13.2 Å². The molecule has 0 amide bonds. The van der Waals surface area contributed by atoms with Gasteiger partial charge in [0.15, 0.2) is 0 Å². The molecule has 1 aliphatic rings. The van der Waals surface area contributed by atoms with E-state index < -0.39 is 0 Å². The molecule has 3 atom stereocenters. The summed E-state index contributed by atoms with van der Waals surface area (Å²) in [6, 6.07) is 30.2. The molecule has 10 heteroatoms. The first-order valence-electron chi connectivity index (χ1n) is 12.6. The van der Waals surface area contributed by atoms with Gasteiger partial charge in [-0.3, -0.25) is 0 Å². The van der Waals surface area contributed by atoms with E-state index in [1.807, 2.05) is 91.0 Å². The van der Waals surface area contributed by atoms with Crippen LogP contribution in [0.15, 0.2) is 91.0 Å². The number of ether oxygens (including phenoxy) is 3. The fourth-order valence-corrected chi connectivity index (χ4v) is 4.78. The second kappa shape index (κ2) is 18.8. The van der Waals surface area contributed by atoms with Crippen molar-refractivity contribution in [3.63, 3.8) is 0 Å².